The summed E-state index contributed by atoms with van der Waals surface area (Å²) < 4.78 is 0. The number of anilines is 1. The van der Waals surface area contributed by atoms with E-state index in [-0.39, 0.29) is 29.9 Å². The topological polar surface area (TPSA) is 117 Å². The van der Waals surface area contributed by atoms with Crippen LogP contribution in [-0.2, 0) is 6.54 Å². The number of carbonyl (C=O) groups excluding carboxylic acids is 1. The van der Waals surface area contributed by atoms with Crippen molar-refractivity contribution in [3.05, 3.63) is 76.0 Å². The van der Waals surface area contributed by atoms with Crippen LogP contribution < -0.4 is 10.6 Å². The van der Waals surface area contributed by atoms with Gasteiger partial charge in [-0.05, 0) is 43.9 Å². The number of nitro benzene ring substituents is 1. The van der Waals surface area contributed by atoms with Crippen molar-refractivity contribution in [2.24, 2.45) is 0 Å². The molecule has 1 aliphatic carbocycles. The molecule has 1 heterocycles. The lowest BCUT2D eigenvalue weighted by Crippen LogP contribution is -2.30. The van der Waals surface area contributed by atoms with E-state index in [9.17, 15) is 20.0 Å². The molecule has 0 aliphatic heterocycles. The number of hydrogen-bond donors (Lipinski definition) is 3. The molecule has 1 saturated carbocycles. The number of benzene rings is 2. The van der Waals surface area contributed by atoms with Gasteiger partial charge < -0.3 is 15.7 Å². The predicted octanol–water partition coefficient (Wildman–Crippen LogP) is 3.79. The zero-order valence-electron chi connectivity index (χ0n) is 17.0. The molecule has 2 aromatic carbocycles. The number of aliphatic hydroxyl groups excluding tert-OH is 1. The number of carbonyl (C=O) groups is 1. The first-order valence-electron chi connectivity index (χ1n) is 10.4. The molecule has 0 saturated heterocycles. The van der Waals surface area contributed by atoms with E-state index >= 15 is 0 Å². The van der Waals surface area contributed by atoms with Gasteiger partial charge >= 0.3 is 0 Å². The van der Waals surface area contributed by atoms with Crippen LogP contribution in [0, 0.1) is 10.1 Å². The molecule has 0 radical (unpaired) electrons. The average molecular weight is 420 g/mol. The molecular formula is C23H24N4O4. The number of pyridine rings is 1. The van der Waals surface area contributed by atoms with Crippen molar-refractivity contribution in [3.8, 4) is 0 Å². The molecule has 0 atom stereocenters. The van der Waals surface area contributed by atoms with Crippen molar-refractivity contribution >= 4 is 28.2 Å². The maximum atomic E-state index is 12.9. The minimum absolute atomic E-state index is 0.110. The Morgan fingerprint density at radius 2 is 1.87 bits per heavy atom. The Bertz CT molecular complexity index is 1110. The SMILES string of the molecule is O=C(NCc1ccc2ccccc2n1)c1cc([N+](=O)[O-])ccc1N[C@H]1CC[C@@H](O)CC1. The Balaban J connectivity index is 1.51. The van der Waals surface area contributed by atoms with Crippen LogP contribution in [0.15, 0.2) is 54.6 Å². The third kappa shape index (κ3) is 4.97. The lowest BCUT2D eigenvalue weighted by Gasteiger charge is -2.27. The molecule has 4 rings (SSSR count). The average Bonchev–Trinajstić information content (AvgIpc) is 2.79. The fraction of sp³-hybridized carbons (Fsp3) is 0.304. The summed E-state index contributed by atoms with van der Waals surface area (Å²) in [7, 11) is 0. The molecule has 0 spiro atoms. The highest BCUT2D eigenvalue weighted by molar-refractivity contribution is 6.00. The lowest BCUT2D eigenvalue weighted by molar-refractivity contribution is -0.384. The number of para-hydroxylation sites is 1. The van der Waals surface area contributed by atoms with E-state index in [4.69, 9.17) is 0 Å². The van der Waals surface area contributed by atoms with Crippen LogP contribution in [0.4, 0.5) is 11.4 Å². The first-order valence-corrected chi connectivity index (χ1v) is 10.4. The number of nitrogens with one attached hydrogen (secondary N) is 2. The van der Waals surface area contributed by atoms with Gasteiger partial charge in [-0.2, -0.15) is 0 Å². The number of nitro groups is 1. The van der Waals surface area contributed by atoms with Crippen LogP contribution in [0.1, 0.15) is 41.7 Å². The molecule has 8 heteroatoms. The molecule has 8 nitrogen and oxygen atoms in total. The maximum Gasteiger partial charge on any atom is 0.270 e. The fourth-order valence-electron chi connectivity index (χ4n) is 3.87. The van der Waals surface area contributed by atoms with Crippen molar-refractivity contribution in [1.29, 1.82) is 0 Å². The van der Waals surface area contributed by atoms with Crippen LogP contribution in [0.3, 0.4) is 0 Å². The first kappa shape index (κ1) is 20.7. The number of aromatic nitrogens is 1. The molecule has 1 aliphatic rings. The number of rotatable bonds is 6. The van der Waals surface area contributed by atoms with E-state index in [0.29, 0.717) is 24.2 Å². The number of hydrogen-bond acceptors (Lipinski definition) is 6. The zero-order valence-corrected chi connectivity index (χ0v) is 17.0. The molecule has 0 unspecified atom stereocenters. The van der Waals surface area contributed by atoms with Crippen molar-refractivity contribution in [2.45, 2.75) is 44.4 Å². The number of nitrogens with zero attached hydrogens (tertiary/aromatic N) is 2. The maximum absolute atomic E-state index is 12.9. The molecular weight excluding hydrogens is 396 g/mol. The fourth-order valence-corrected chi connectivity index (χ4v) is 3.87. The molecule has 3 aromatic rings. The number of aliphatic hydroxyl groups is 1. The molecule has 160 valence electrons. The normalized spacial score (nSPS) is 18.5. The van der Waals surface area contributed by atoms with Gasteiger partial charge in [-0.1, -0.05) is 24.3 Å². The summed E-state index contributed by atoms with van der Waals surface area (Å²) in [5.41, 5.74) is 2.18. The summed E-state index contributed by atoms with van der Waals surface area (Å²) in [5.74, 6) is -0.406. The van der Waals surface area contributed by atoms with Crippen molar-refractivity contribution < 1.29 is 14.8 Å². The molecule has 1 fully saturated rings. The second-order valence-corrected chi connectivity index (χ2v) is 7.81. The van der Waals surface area contributed by atoms with Crippen LogP contribution in [0.25, 0.3) is 10.9 Å². The van der Waals surface area contributed by atoms with Crippen molar-refractivity contribution in [3.63, 3.8) is 0 Å². The van der Waals surface area contributed by atoms with E-state index in [1.54, 1.807) is 6.07 Å². The first-order chi connectivity index (χ1) is 15.0. The third-order valence-electron chi connectivity index (χ3n) is 5.60. The number of amides is 1. The summed E-state index contributed by atoms with van der Waals surface area (Å²) >= 11 is 0. The summed E-state index contributed by atoms with van der Waals surface area (Å²) in [4.78, 5) is 28.2. The smallest absolute Gasteiger partial charge is 0.270 e. The van der Waals surface area contributed by atoms with Crippen LogP contribution >= 0.6 is 0 Å². The highest BCUT2D eigenvalue weighted by Crippen LogP contribution is 2.27. The van der Waals surface area contributed by atoms with Crippen LogP contribution in [0.5, 0.6) is 0 Å². The largest absolute Gasteiger partial charge is 0.393 e. The monoisotopic (exact) mass is 420 g/mol. The van der Waals surface area contributed by atoms with Gasteiger partial charge in [0.2, 0.25) is 0 Å². The van der Waals surface area contributed by atoms with Gasteiger partial charge in [0, 0.05) is 29.2 Å². The molecule has 0 bridgehead atoms. The summed E-state index contributed by atoms with van der Waals surface area (Å²) in [5, 5.41) is 28.1. The third-order valence-corrected chi connectivity index (χ3v) is 5.60. The summed E-state index contributed by atoms with van der Waals surface area (Å²) in [6.07, 6.45) is 2.66. The summed E-state index contributed by atoms with van der Waals surface area (Å²) in [6, 6.07) is 15.9. The quantitative estimate of drug-likeness (QED) is 0.413. The lowest BCUT2D eigenvalue weighted by atomic mass is 9.92. The second-order valence-electron chi connectivity index (χ2n) is 7.81. The second kappa shape index (κ2) is 9.09. The Hall–Kier alpha value is -3.52. The zero-order chi connectivity index (χ0) is 21.8. The molecule has 3 N–H and O–H groups in total. The van der Waals surface area contributed by atoms with E-state index in [1.165, 1.54) is 12.1 Å². The van der Waals surface area contributed by atoms with Gasteiger partial charge in [0.1, 0.15) is 0 Å². The van der Waals surface area contributed by atoms with Crippen molar-refractivity contribution in [1.82, 2.24) is 10.3 Å². The van der Waals surface area contributed by atoms with E-state index in [0.717, 1.165) is 23.7 Å². The van der Waals surface area contributed by atoms with Gasteiger partial charge in [0.15, 0.2) is 0 Å². The Morgan fingerprint density at radius 3 is 2.65 bits per heavy atom. The minimum atomic E-state index is -0.511. The Labute approximate surface area is 179 Å². The Morgan fingerprint density at radius 1 is 1.10 bits per heavy atom. The van der Waals surface area contributed by atoms with Crippen LogP contribution in [0.2, 0.25) is 0 Å². The molecule has 1 aromatic heterocycles. The van der Waals surface area contributed by atoms with Crippen molar-refractivity contribution in [2.75, 3.05) is 5.32 Å². The van der Waals surface area contributed by atoms with Gasteiger partial charge in [-0.3, -0.25) is 19.9 Å². The Kier molecular flexibility index (Phi) is 6.08. The van der Waals surface area contributed by atoms with E-state index < -0.39 is 10.8 Å². The van der Waals surface area contributed by atoms with Gasteiger partial charge in [0.05, 0.1) is 34.3 Å². The van der Waals surface area contributed by atoms with E-state index in [2.05, 4.69) is 15.6 Å². The summed E-state index contributed by atoms with van der Waals surface area (Å²) in [6.45, 7) is 0.210. The van der Waals surface area contributed by atoms with Crippen LogP contribution in [-0.4, -0.2) is 33.1 Å². The van der Waals surface area contributed by atoms with Gasteiger partial charge in [-0.25, -0.2) is 0 Å². The van der Waals surface area contributed by atoms with Gasteiger partial charge in [-0.15, -0.1) is 0 Å². The highest BCUT2D eigenvalue weighted by atomic mass is 16.6. The standard InChI is InChI=1S/C23H24N4O4/c28-19-10-7-16(8-11-19)25-22-12-9-18(27(30)31)13-20(22)23(29)24-14-17-6-5-15-3-1-2-4-21(15)26-17/h1-6,9,12-13,16,19,25,28H,7-8,10-11,14H2,(H,24,29)/t16-,19+. The molecule has 31 heavy (non-hydrogen) atoms. The minimum Gasteiger partial charge on any atom is -0.393 e. The van der Waals surface area contributed by atoms with E-state index in [1.807, 2.05) is 36.4 Å². The molecule has 1 amide bonds. The number of fused-ring (bicyclic) bond motifs is 1. The number of non-ortho nitro benzene ring substituents is 1. The predicted molar refractivity (Wildman–Crippen MR) is 118 cm³/mol. The highest BCUT2D eigenvalue weighted by Gasteiger charge is 2.22. The van der Waals surface area contributed by atoms with Gasteiger partial charge in [0.25, 0.3) is 11.6 Å².